The molecule has 1 aromatic carbocycles. The first-order valence-electron chi connectivity index (χ1n) is 5.46. The summed E-state index contributed by atoms with van der Waals surface area (Å²) >= 11 is 0. The Balaban J connectivity index is 2.81. The van der Waals surface area contributed by atoms with Gasteiger partial charge in [-0.2, -0.15) is 0 Å². The van der Waals surface area contributed by atoms with Gasteiger partial charge < -0.3 is 5.32 Å². The quantitative estimate of drug-likeness (QED) is 0.768. The zero-order valence-corrected chi connectivity index (χ0v) is 9.67. The van der Waals surface area contributed by atoms with Gasteiger partial charge >= 0.3 is 0 Å². The van der Waals surface area contributed by atoms with Gasteiger partial charge in [0.15, 0.2) is 0 Å². The van der Waals surface area contributed by atoms with Gasteiger partial charge in [0.2, 0.25) is 0 Å². The highest BCUT2D eigenvalue weighted by Crippen LogP contribution is 2.20. The van der Waals surface area contributed by atoms with E-state index in [-0.39, 0.29) is 0 Å². The number of benzene rings is 1. The van der Waals surface area contributed by atoms with E-state index in [2.05, 4.69) is 50.4 Å². The van der Waals surface area contributed by atoms with E-state index < -0.39 is 0 Å². The maximum Gasteiger partial charge on any atom is 0.0314 e. The SMILES string of the molecule is CCC(NC)c1ccc(C(C)C)cc1. The first-order chi connectivity index (χ1) is 6.69. The average Bonchev–Trinajstić information content (AvgIpc) is 2.20. The van der Waals surface area contributed by atoms with Crippen molar-refractivity contribution in [3.63, 3.8) is 0 Å². The van der Waals surface area contributed by atoms with Crippen LogP contribution in [0.1, 0.15) is 50.3 Å². The monoisotopic (exact) mass is 191 g/mol. The molecule has 0 aliphatic rings. The summed E-state index contributed by atoms with van der Waals surface area (Å²) in [6.07, 6.45) is 1.14. The van der Waals surface area contributed by atoms with Crippen molar-refractivity contribution in [2.45, 2.75) is 39.2 Å². The summed E-state index contributed by atoms with van der Waals surface area (Å²) in [6.45, 7) is 6.66. The first-order valence-corrected chi connectivity index (χ1v) is 5.46. The van der Waals surface area contributed by atoms with Gasteiger partial charge in [0, 0.05) is 6.04 Å². The molecule has 1 nitrogen and oxygen atoms in total. The van der Waals surface area contributed by atoms with Gasteiger partial charge in [-0.15, -0.1) is 0 Å². The zero-order chi connectivity index (χ0) is 10.6. The Labute approximate surface area is 87.5 Å². The van der Waals surface area contributed by atoms with E-state index in [0.717, 1.165) is 6.42 Å². The van der Waals surface area contributed by atoms with E-state index in [0.29, 0.717) is 12.0 Å². The number of nitrogens with one attached hydrogen (secondary N) is 1. The number of hydrogen-bond donors (Lipinski definition) is 1. The van der Waals surface area contributed by atoms with Gasteiger partial charge in [0.1, 0.15) is 0 Å². The second kappa shape index (κ2) is 5.16. The van der Waals surface area contributed by atoms with Crippen LogP contribution in [0.25, 0.3) is 0 Å². The maximum atomic E-state index is 3.32. The third-order valence-corrected chi connectivity index (χ3v) is 2.76. The molecule has 0 bridgehead atoms. The summed E-state index contributed by atoms with van der Waals surface area (Å²) < 4.78 is 0. The molecule has 14 heavy (non-hydrogen) atoms. The van der Waals surface area contributed by atoms with Crippen LogP contribution in [0.5, 0.6) is 0 Å². The number of hydrogen-bond acceptors (Lipinski definition) is 1. The molecule has 0 fully saturated rings. The molecule has 0 heterocycles. The molecule has 0 saturated heterocycles. The minimum Gasteiger partial charge on any atom is -0.313 e. The molecule has 0 amide bonds. The molecule has 0 spiro atoms. The molecule has 0 aromatic heterocycles. The second-order valence-electron chi connectivity index (χ2n) is 4.07. The van der Waals surface area contributed by atoms with Crippen LogP contribution in [0, 0.1) is 0 Å². The van der Waals surface area contributed by atoms with Gasteiger partial charge in [-0.1, -0.05) is 45.0 Å². The first kappa shape index (κ1) is 11.3. The van der Waals surface area contributed by atoms with Crippen LogP contribution in [0.15, 0.2) is 24.3 Å². The largest absolute Gasteiger partial charge is 0.313 e. The van der Waals surface area contributed by atoms with Crippen molar-refractivity contribution in [1.29, 1.82) is 0 Å². The summed E-state index contributed by atoms with van der Waals surface area (Å²) in [4.78, 5) is 0. The Morgan fingerprint density at radius 3 is 1.93 bits per heavy atom. The Morgan fingerprint density at radius 1 is 1.07 bits per heavy atom. The molecule has 1 unspecified atom stereocenters. The van der Waals surface area contributed by atoms with E-state index in [1.165, 1.54) is 11.1 Å². The van der Waals surface area contributed by atoms with Crippen molar-refractivity contribution < 1.29 is 0 Å². The van der Waals surface area contributed by atoms with Gasteiger partial charge in [-0.05, 0) is 30.5 Å². The van der Waals surface area contributed by atoms with E-state index in [4.69, 9.17) is 0 Å². The van der Waals surface area contributed by atoms with Crippen LogP contribution in [0.4, 0.5) is 0 Å². The van der Waals surface area contributed by atoms with Crippen LogP contribution >= 0.6 is 0 Å². The van der Waals surface area contributed by atoms with Crippen LogP contribution in [-0.4, -0.2) is 7.05 Å². The molecule has 78 valence electrons. The summed E-state index contributed by atoms with van der Waals surface area (Å²) in [5, 5.41) is 3.32. The zero-order valence-electron chi connectivity index (χ0n) is 9.67. The third kappa shape index (κ3) is 2.58. The topological polar surface area (TPSA) is 12.0 Å². The highest BCUT2D eigenvalue weighted by Gasteiger charge is 2.06. The van der Waals surface area contributed by atoms with E-state index in [1.807, 2.05) is 7.05 Å². The number of rotatable bonds is 4. The molecule has 1 N–H and O–H groups in total. The predicted molar refractivity (Wildman–Crippen MR) is 62.6 cm³/mol. The lowest BCUT2D eigenvalue weighted by Gasteiger charge is -2.15. The van der Waals surface area contributed by atoms with Crippen molar-refractivity contribution in [3.05, 3.63) is 35.4 Å². The fourth-order valence-electron chi connectivity index (χ4n) is 1.72. The molecule has 1 rings (SSSR count). The predicted octanol–water partition coefficient (Wildman–Crippen LogP) is 3.48. The molecule has 1 heteroatoms. The van der Waals surface area contributed by atoms with Crippen LogP contribution < -0.4 is 5.32 Å². The van der Waals surface area contributed by atoms with Gasteiger partial charge in [-0.25, -0.2) is 0 Å². The summed E-state index contributed by atoms with van der Waals surface area (Å²) in [5.41, 5.74) is 2.80. The summed E-state index contributed by atoms with van der Waals surface area (Å²) in [5.74, 6) is 0.624. The Hall–Kier alpha value is -0.820. The van der Waals surface area contributed by atoms with Crippen LogP contribution in [-0.2, 0) is 0 Å². The highest BCUT2D eigenvalue weighted by atomic mass is 14.9. The lowest BCUT2D eigenvalue weighted by Crippen LogP contribution is -2.15. The minimum atomic E-state index is 0.496. The Kier molecular flexibility index (Phi) is 4.15. The molecule has 0 aliphatic heterocycles. The second-order valence-corrected chi connectivity index (χ2v) is 4.07. The Bertz CT molecular complexity index is 257. The van der Waals surface area contributed by atoms with Crippen molar-refractivity contribution in [1.82, 2.24) is 5.32 Å². The van der Waals surface area contributed by atoms with Crippen molar-refractivity contribution in [3.8, 4) is 0 Å². The highest BCUT2D eigenvalue weighted by molar-refractivity contribution is 5.26. The standard InChI is InChI=1S/C13H21N/c1-5-13(14-4)12-8-6-11(7-9-12)10(2)3/h6-10,13-14H,5H2,1-4H3. The van der Waals surface area contributed by atoms with Gasteiger partial charge in [-0.3, -0.25) is 0 Å². The smallest absolute Gasteiger partial charge is 0.0314 e. The van der Waals surface area contributed by atoms with Crippen molar-refractivity contribution >= 4 is 0 Å². The van der Waals surface area contributed by atoms with E-state index in [1.54, 1.807) is 0 Å². The van der Waals surface area contributed by atoms with E-state index in [9.17, 15) is 0 Å². The van der Waals surface area contributed by atoms with Crippen molar-refractivity contribution in [2.24, 2.45) is 0 Å². The molecular weight excluding hydrogens is 170 g/mol. The molecule has 0 saturated carbocycles. The third-order valence-electron chi connectivity index (χ3n) is 2.76. The average molecular weight is 191 g/mol. The van der Waals surface area contributed by atoms with Gasteiger partial charge in [0.05, 0.1) is 0 Å². The molecule has 1 aromatic rings. The lowest BCUT2D eigenvalue weighted by molar-refractivity contribution is 0.576. The molecule has 0 radical (unpaired) electrons. The maximum absolute atomic E-state index is 3.32. The van der Waals surface area contributed by atoms with Crippen LogP contribution in [0.2, 0.25) is 0 Å². The van der Waals surface area contributed by atoms with Gasteiger partial charge in [0.25, 0.3) is 0 Å². The fraction of sp³-hybridized carbons (Fsp3) is 0.538. The molecular formula is C13H21N. The molecule has 0 aliphatic carbocycles. The van der Waals surface area contributed by atoms with E-state index >= 15 is 0 Å². The summed E-state index contributed by atoms with van der Waals surface area (Å²) in [7, 11) is 2.02. The Morgan fingerprint density at radius 2 is 1.57 bits per heavy atom. The van der Waals surface area contributed by atoms with Crippen molar-refractivity contribution in [2.75, 3.05) is 7.05 Å². The fourth-order valence-corrected chi connectivity index (χ4v) is 1.72. The van der Waals surface area contributed by atoms with Crippen LogP contribution in [0.3, 0.4) is 0 Å². The summed E-state index contributed by atoms with van der Waals surface area (Å²) in [6, 6.07) is 9.44. The minimum absolute atomic E-state index is 0.496. The lowest BCUT2D eigenvalue weighted by atomic mass is 9.98. The molecule has 1 atom stereocenters. The normalized spacial score (nSPS) is 13.2.